The van der Waals surface area contributed by atoms with Crippen LogP contribution in [-0.4, -0.2) is 65.3 Å². The van der Waals surface area contributed by atoms with Gasteiger partial charge in [-0.05, 0) is 56.6 Å². The molecule has 0 spiro atoms. The van der Waals surface area contributed by atoms with Crippen molar-refractivity contribution in [2.75, 3.05) is 44.7 Å². The lowest BCUT2D eigenvalue weighted by Gasteiger charge is -2.35. The molecule has 36 heavy (non-hydrogen) atoms. The number of carbonyl (C=O) groups excluding carboxylic acids is 1. The summed E-state index contributed by atoms with van der Waals surface area (Å²) in [7, 11) is 2.15. The van der Waals surface area contributed by atoms with E-state index in [1.54, 1.807) is 18.2 Å². The van der Waals surface area contributed by atoms with Gasteiger partial charge in [-0.3, -0.25) is 4.79 Å². The second-order valence-electron chi connectivity index (χ2n) is 9.96. The van der Waals surface area contributed by atoms with Crippen molar-refractivity contribution in [3.8, 4) is 5.69 Å². The van der Waals surface area contributed by atoms with Crippen LogP contribution < -0.4 is 4.90 Å². The molecule has 3 aromatic rings. The van der Waals surface area contributed by atoms with Crippen LogP contribution in [0.3, 0.4) is 0 Å². The standard InChI is InChI=1S/C28H35Cl2N5O/c1-20(2)12-13-34(28(36)22-10-11-25(29)26(30)18-22)19-24-21(3)31-35(23-8-6-5-7-9-23)27(24)33-16-14-32(4)15-17-33/h5-11,18,20H,12-17,19H2,1-4H3. The lowest BCUT2D eigenvalue weighted by atomic mass is 10.1. The van der Waals surface area contributed by atoms with Crippen molar-refractivity contribution < 1.29 is 4.79 Å². The van der Waals surface area contributed by atoms with E-state index in [9.17, 15) is 4.79 Å². The van der Waals surface area contributed by atoms with Crippen molar-refractivity contribution in [1.29, 1.82) is 0 Å². The third-order valence-electron chi connectivity index (χ3n) is 6.74. The molecule has 1 aliphatic heterocycles. The molecule has 1 aliphatic rings. The molecule has 0 bridgehead atoms. The molecule has 1 aromatic heterocycles. The third-order valence-corrected chi connectivity index (χ3v) is 7.48. The molecule has 0 saturated carbocycles. The summed E-state index contributed by atoms with van der Waals surface area (Å²) in [5.74, 6) is 1.49. The maximum absolute atomic E-state index is 13.7. The second kappa shape index (κ2) is 11.7. The molecule has 1 amide bonds. The lowest BCUT2D eigenvalue weighted by Crippen LogP contribution is -2.45. The highest BCUT2D eigenvalue weighted by Crippen LogP contribution is 2.31. The van der Waals surface area contributed by atoms with Crippen molar-refractivity contribution in [3.63, 3.8) is 0 Å². The Morgan fingerprint density at radius 2 is 1.72 bits per heavy atom. The van der Waals surface area contributed by atoms with Gasteiger partial charge in [-0.1, -0.05) is 55.2 Å². The fraction of sp³-hybridized carbons (Fsp3) is 0.429. The van der Waals surface area contributed by atoms with Crippen LogP contribution in [0.1, 0.15) is 41.9 Å². The number of para-hydroxylation sites is 1. The molecule has 0 aliphatic carbocycles. The molecule has 0 unspecified atom stereocenters. The number of likely N-dealkylation sites (N-methyl/N-ethyl adjacent to an activating group) is 1. The van der Waals surface area contributed by atoms with Gasteiger partial charge < -0.3 is 14.7 Å². The number of hydrogen-bond donors (Lipinski definition) is 0. The number of benzene rings is 2. The molecular weight excluding hydrogens is 493 g/mol. The average Bonchev–Trinajstić information content (AvgIpc) is 3.19. The number of aryl methyl sites for hydroxylation is 1. The highest BCUT2D eigenvalue weighted by atomic mass is 35.5. The van der Waals surface area contributed by atoms with E-state index in [-0.39, 0.29) is 5.91 Å². The molecule has 0 atom stereocenters. The van der Waals surface area contributed by atoms with Crippen LogP contribution in [-0.2, 0) is 6.54 Å². The van der Waals surface area contributed by atoms with Gasteiger partial charge in [0.25, 0.3) is 5.91 Å². The van der Waals surface area contributed by atoms with E-state index in [1.165, 1.54) is 0 Å². The number of halogens is 2. The Kier molecular flexibility index (Phi) is 8.60. The summed E-state index contributed by atoms with van der Waals surface area (Å²) >= 11 is 12.4. The molecule has 192 valence electrons. The van der Waals surface area contributed by atoms with Gasteiger partial charge in [0.2, 0.25) is 0 Å². The van der Waals surface area contributed by atoms with E-state index in [4.69, 9.17) is 28.3 Å². The van der Waals surface area contributed by atoms with E-state index < -0.39 is 0 Å². The highest BCUT2D eigenvalue weighted by molar-refractivity contribution is 6.42. The molecule has 4 rings (SSSR count). The summed E-state index contributed by atoms with van der Waals surface area (Å²) in [4.78, 5) is 20.4. The van der Waals surface area contributed by atoms with Gasteiger partial charge in [0.1, 0.15) is 5.82 Å². The zero-order valence-electron chi connectivity index (χ0n) is 21.5. The Hall–Kier alpha value is -2.54. The molecule has 2 aromatic carbocycles. The quantitative estimate of drug-likeness (QED) is 0.364. The van der Waals surface area contributed by atoms with Crippen molar-refractivity contribution in [3.05, 3.63) is 75.4 Å². The molecule has 1 fully saturated rings. The molecule has 6 nitrogen and oxygen atoms in total. The molecule has 8 heteroatoms. The first-order valence-corrected chi connectivity index (χ1v) is 13.3. The number of nitrogens with zero attached hydrogens (tertiary/aromatic N) is 5. The normalized spacial score (nSPS) is 14.5. The third kappa shape index (κ3) is 6.05. The Morgan fingerprint density at radius 3 is 2.36 bits per heavy atom. The first-order valence-electron chi connectivity index (χ1n) is 12.6. The summed E-state index contributed by atoms with van der Waals surface area (Å²) in [6.07, 6.45) is 0.906. The predicted molar refractivity (Wildman–Crippen MR) is 149 cm³/mol. The van der Waals surface area contributed by atoms with Gasteiger partial charge >= 0.3 is 0 Å². The molecule has 2 heterocycles. The van der Waals surface area contributed by atoms with Crippen molar-refractivity contribution in [1.82, 2.24) is 19.6 Å². The number of anilines is 1. The number of amides is 1. The summed E-state index contributed by atoms with van der Waals surface area (Å²) in [6.45, 7) is 11.3. The van der Waals surface area contributed by atoms with E-state index in [1.807, 2.05) is 34.7 Å². The highest BCUT2D eigenvalue weighted by Gasteiger charge is 2.27. The number of carbonyl (C=O) groups is 1. The Balaban J connectivity index is 1.74. The van der Waals surface area contributed by atoms with Gasteiger partial charge in [-0.15, -0.1) is 0 Å². The minimum atomic E-state index is -0.0506. The summed E-state index contributed by atoms with van der Waals surface area (Å²) in [5, 5.41) is 5.80. The maximum atomic E-state index is 13.7. The van der Waals surface area contributed by atoms with Crippen molar-refractivity contribution in [2.45, 2.75) is 33.7 Å². The first-order chi connectivity index (χ1) is 17.2. The summed E-state index contributed by atoms with van der Waals surface area (Å²) < 4.78 is 2.04. The van der Waals surface area contributed by atoms with Crippen LogP contribution >= 0.6 is 23.2 Å². The number of piperazine rings is 1. The molecule has 0 radical (unpaired) electrons. The van der Waals surface area contributed by atoms with Crippen molar-refractivity contribution in [2.24, 2.45) is 5.92 Å². The van der Waals surface area contributed by atoms with Crippen LogP contribution in [0.5, 0.6) is 0 Å². The van der Waals surface area contributed by atoms with Crippen LogP contribution in [0.25, 0.3) is 5.69 Å². The lowest BCUT2D eigenvalue weighted by molar-refractivity contribution is 0.0735. The maximum Gasteiger partial charge on any atom is 0.254 e. The van der Waals surface area contributed by atoms with Crippen LogP contribution in [0.4, 0.5) is 5.82 Å². The summed E-state index contributed by atoms with van der Waals surface area (Å²) in [6, 6.07) is 15.3. The van der Waals surface area contributed by atoms with Crippen LogP contribution in [0.15, 0.2) is 48.5 Å². The zero-order valence-corrected chi connectivity index (χ0v) is 23.1. The smallest absolute Gasteiger partial charge is 0.254 e. The number of aromatic nitrogens is 2. The zero-order chi connectivity index (χ0) is 25.8. The first kappa shape index (κ1) is 26.5. The monoisotopic (exact) mass is 527 g/mol. The Labute approximate surface area is 224 Å². The SMILES string of the molecule is Cc1nn(-c2ccccc2)c(N2CCN(C)CC2)c1CN(CCC(C)C)C(=O)c1ccc(Cl)c(Cl)c1. The largest absolute Gasteiger partial charge is 0.354 e. The topological polar surface area (TPSA) is 44.6 Å². The fourth-order valence-electron chi connectivity index (χ4n) is 4.49. The van der Waals surface area contributed by atoms with E-state index in [0.717, 1.165) is 55.4 Å². The summed E-state index contributed by atoms with van der Waals surface area (Å²) in [5.41, 5.74) is 3.58. The van der Waals surface area contributed by atoms with Crippen LogP contribution in [0, 0.1) is 12.8 Å². The molecule has 0 N–H and O–H groups in total. The van der Waals surface area contributed by atoms with Gasteiger partial charge in [0.15, 0.2) is 0 Å². The van der Waals surface area contributed by atoms with Crippen molar-refractivity contribution >= 4 is 34.9 Å². The van der Waals surface area contributed by atoms with E-state index in [2.05, 4.69) is 42.8 Å². The minimum Gasteiger partial charge on any atom is -0.354 e. The predicted octanol–water partition coefficient (Wildman–Crippen LogP) is 5.93. The van der Waals surface area contributed by atoms with E-state index >= 15 is 0 Å². The minimum absolute atomic E-state index is 0.0506. The van der Waals surface area contributed by atoms with Crippen LogP contribution in [0.2, 0.25) is 10.0 Å². The number of rotatable bonds is 8. The average molecular weight is 529 g/mol. The van der Waals surface area contributed by atoms with Gasteiger partial charge in [0.05, 0.1) is 28.0 Å². The number of hydrogen-bond acceptors (Lipinski definition) is 4. The second-order valence-corrected chi connectivity index (χ2v) is 10.8. The van der Waals surface area contributed by atoms with Gasteiger partial charge in [-0.2, -0.15) is 5.10 Å². The van der Waals surface area contributed by atoms with E-state index in [0.29, 0.717) is 34.6 Å². The molecular formula is C28H35Cl2N5O. The fourth-order valence-corrected chi connectivity index (χ4v) is 4.79. The van der Waals surface area contributed by atoms with Gasteiger partial charge in [-0.25, -0.2) is 4.68 Å². The Bertz CT molecular complexity index is 1190. The van der Waals surface area contributed by atoms with Gasteiger partial charge in [0, 0.05) is 43.9 Å². The Morgan fingerprint density at radius 1 is 1.03 bits per heavy atom. The molecule has 1 saturated heterocycles.